The van der Waals surface area contributed by atoms with Crippen LogP contribution in [0, 0.1) is 0 Å². The molecule has 0 spiro atoms. The van der Waals surface area contributed by atoms with Gasteiger partial charge in [0.15, 0.2) is 6.73 Å². The molecule has 4 rings (SSSR count). The first-order chi connectivity index (χ1) is 13.9. The highest BCUT2D eigenvalue weighted by Gasteiger charge is 2.37. The SMILES string of the molecule is C=CCN1C(=O)c2ccc(C(=O)OCN3C(=O)c4ccccc4C3=O)cc2C1=O. The molecule has 8 heteroatoms. The van der Waals surface area contributed by atoms with Gasteiger partial charge in [-0.15, -0.1) is 6.58 Å². The van der Waals surface area contributed by atoms with Gasteiger partial charge in [0, 0.05) is 6.54 Å². The van der Waals surface area contributed by atoms with Gasteiger partial charge in [0.1, 0.15) is 0 Å². The van der Waals surface area contributed by atoms with Crippen molar-refractivity contribution in [2.24, 2.45) is 0 Å². The number of nitrogens with zero attached hydrogens (tertiary/aromatic N) is 2. The molecule has 0 aromatic heterocycles. The maximum absolute atomic E-state index is 12.4. The lowest BCUT2D eigenvalue weighted by atomic mass is 10.1. The number of amides is 4. The van der Waals surface area contributed by atoms with Crippen LogP contribution in [0.15, 0.2) is 55.1 Å². The number of esters is 1. The molecule has 29 heavy (non-hydrogen) atoms. The Hall–Kier alpha value is -4.07. The Balaban J connectivity index is 1.49. The lowest BCUT2D eigenvalue weighted by Gasteiger charge is -2.14. The highest BCUT2D eigenvalue weighted by molar-refractivity contribution is 6.22. The summed E-state index contributed by atoms with van der Waals surface area (Å²) in [5.41, 5.74) is 0.803. The summed E-state index contributed by atoms with van der Waals surface area (Å²) < 4.78 is 5.10. The van der Waals surface area contributed by atoms with E-state index in [1.54, 1.807) is 12.1 Å². The molecular weight excluding hydrogens is 376 g/mol. The van der Waals surface area contributed by atoms with Crippen molar-refractivity contribution < 1.29 is 28.7 Å². The van der Waals surface area contributed by atoms with Crippen LogP contribution in [-0.2, 0) is 4.74 Å². The van der Waals surface area contributed by atoms with E-state index in [-0.39, 0.29) is 34.4 Å². The van der Waals surface area contributed by atoms with Crippen molar-refractivity contribution in [3.05, 3.63) is 82.9 Å². The Kier molecular flexibility index (Phi) is 4.31. The third-order valence-electron chi connectivity index (χ3n) is 4.72. The Morgan fingerprint density at radius 1 is 0.828 bits per heavy atom. The van der Waals surface area contributed by atoms with Crippen molar-refractivity contribution in [3.8, 4) is 0 Å². The van der Waals surface area contributed by atoms with E-state index in [4.69, 9.17) is 4.74 Å². The zero-order valence-electron chi connectivity index (χ0n) is 15.1. The van der Waals surface area contributed by atoms with E-state index >= 15 is 0 Å². The molecule has 0 radical (unpaired) electrons. The Bertz CT molecular complexity index is 1080. The number of fused-ring (bicyclic) bond motifs is 2. The normalized spacial score (nSPS) is 14.9. The number of hydrogen-bond donors (Lipinski definition) is 0. The van der Waals surface area contributed by atoms with E-state index in [9.17, 15) is 24.0 Å². The van der Waals surface area contributed by atoms with Crippen molar-refractivity contribution in [2.75, 3.05) is 13.3 Å². The highest BCUT2D eigenvalue weighted by Crippen LogP contribution is 2.25. The quantitative estimate of drug-likeness (QED) is 0.439. The number of hydrogen-bond acceptors (Lipinski definition) is 6. The Labute approximate surface area is 165 Å². The van der Waals surface area contributed by atoms with E-state index in [2.05, 4.69) is 6.58 Å². The minimum Gasteiger partial charge on any atom is -0.440 e. The third kappa shape index (κ3) is 2.82. The van der Waals surface area contributed by atoms with Gasteiger partial charge in [0.05, 0.1) is 27.8 Å². The van der Waals surface area contributed by atoms with Gasteiger partial charge in [0.2, 0.25) is 0 Å². The Morgan fingerprint density at radius 3 is 2.00 bits per heavy atom. The molecule has 2 aliphatic heterocycles. The lowest BCUT2D eigenvalue weighted by Crippen LogP contribution is -2.33. The van der Waals surface area contributed by atoms with Gasteiger partial charge in [0.25, 0.3) is 23.6 Å². The summed E-state index contributed by atoms with van der Waals surface area (Å²) in [7, 11) is 0. The molecule has 8 nitrogen and oxygen atoms in total. The zero-order valence-corrected chi connectivity index (χ0v) is 15.1. The van der Waals surface area contributed by atoms with Gasteiger partial charge in [-0.3, -0.25) is 24.1 Å². The second-order valence-electron chi connectivity index (χ2n) is 6.41. The number of carbonyl (C=O) groups is 5. The lowest BCUT2D eigenvalue weighted by molar-refractivity contribution is 0.0227. The van der Waals surface area contributed by atoms with E-state index in [1.807, 2.05) is 0 Å². The van der Waals surface area contributed by atoms with E-state index in [1.165, 1.54) is 36.4 Å². The number of benzene rings is 2. The molecule has 0 saturated heterocycles. The zero-order chi connectivity index (χ0) is 20.7. The van der Waals surface area contributed by atoms with Crippen molar-refractivity contribution in [2.45, 2.75) is 0 Å². The summed E-state index contributed by atoms with van der Waals surface area (Å²) in [6.45, 7) is 3.01. The summed E-state index contributed by atoms with van der Waals surface area (Å²) >= 11 is 0. The molecule has 0 saturated carbocycles. The fourth-order valence-electron chi connectivity index (χ4n) is 3.28. The first-order valence-electron chi connectivity index (χ1n) is 8.67. The predicted octanol–water partition coefficient (Wildman–Crippen LogP) is 1.88. The van der Waals surface area contributed by atoms with Gasteiger partial charge in [-0.05, 0) is 30.3 Å². The molecule has 4 amide bonds. The molecule has 0 unspecified atom stereocenters. The van der Waals surface area contributed by atoms with Crippen LogP contribution in [0.4, 0.5) is 0 Å². The standard InChI is InChI=1S/C21H14N2O6/c1-2-9-22-17(24)15-8-7-12(10-16(15)20(22)27)21(28)29-11-23-18(25)13-5-3-4-6-14(13)19(23)26/h2-8,10H,1,9,11H2. The highest BCUT2D eigenvalue weighted by atomic mass is 16.5. The molecule has 144 valence electrons. The van der Waals surface area contributed by atoms with Crippen LogP contribution in [0.2, 0.25) is 0 Å². The van der Waals surface area contributed by atoms with Crippen molar-refractivity contribution in [3.63, 3.8) is 0 Å². The minimum atomic E-state index is -0.827. The summed E-state index contributed by atoms with van der Waals surface area (Å²) in [5, 5.41) is 0. The first-order valence-corrected chi connectivity index (χ1v) is 8.67. The van der Waals surface area contributed by atoms with Crippen LogP contribution in [0.1, 0.15) is 51.8 Å². The molecule has 2 aromatic carbocycles. The molecule has 0 fully saturated rings. The summed E-state index contributed by atoms with van der Waals surface area (Å²) in [4.78, 5) is 63.4. The van der Waals surface area contributed by atoms with Gasteiger partial charge in [-0.1, -0.05) is 18.2 Å². The average molecular weight is 390 g/mol. The van der Waals surface area contributed by atoms with Gasteiger partial charge < -0.3 is 4.74 Å². The molecule has 0 bridgehead atoms. The molecule has 0 N–H and O–H groups in total. The van der Waals surface area contributed by atoms with Crippen LogP contribution >= 0.6 is 0 Å². The van der Waals surface area contributed by atoms with Gasteiger partial charge in [-0.25, -0.2) is 9.69 Å². The summed E-state index contributed by atoms with van der Waals surface area (Å²) in [6.07, 6.45) is 1.43. The first kappa shape index (κ1) is 18.3. The smallest absolute Gasteiger partial charge is 0.339 e. The number of carbonyl (C=O) groups excluding carboxylic acids is 5. The minimum absolute atomic E-state index is 0.0296. The van der Waals surface area contributed by atoms with Crippen LogP contribution in [0.3, 0.4) is 0 Å². The fourth-order valence-corrected chi connectivity index (χ4v) is 3.28. The van der Waals surface area contributed by atoms with Gasteiger partial charge in [-0.2, -0.15) is 0 Å². The van der Waals surface area contributed by atoms with Crippen LogP contribution in [0.5, 0.6) is 0 Å². The van der Waals surface area contributed by atoms with Crippen LogP contribution in [-0.4, -0.2) is 52.7 Å². The second kappa shape index (κ2) is 6.83. The third-order valence-corrected chi connectivity index (χ3v) is 4.72. The van der Waals surface area contributed by atoms with Crippen LogP contribution < -0.4 is 0 Å². The monoisotopic (exact) mass is 390 g/mol. The number of rotatable bonds is 5. The average Bonchev–Trinajstić information content (AvgIpc) is 3.12. The van der Waals surface area contributed by atoms with E-state index in [0.29, 0.717) is 0 Å². The predicted molar refractivity (Wildman–Crippen MR) is 99.2 cm³/mol. The molecule has 2 aromatic rings. The summed E-state index contributed by atoms with van der Waals surface area (Å²) in [5.74, 6) is -2.91. The van der Waals surface area contributed by atoms with Gasteiger partial charge >= 0.3 is 5.97 Å². The number of ether oxygens (including phenoxy) is 1. The maximum atomic E-state index is 12.4. The van der Waals surface area contributed by atoms with Crippen molar-refractivity contribution in [1.29, 1.82) is 0 Å². The van der Waals surface area contributed by atoms with E-state index in [0.717, 1.165) is 9.80 Å². The molecular formula is C21H14N2O6. The molecule has 2 heterocycles. The van der Waals surface area contributed by atoms with E-state index < -0.39 is 36.3 Å². The Morgan fingerprint density at radius 2 is 1.38 bits per heavy atom. The topological polar surface area (TPSA) is 101 Å². The molecule has 0 atom stereocenters. The largest absolute Gasteiger partial charge is 0.440 e. The summed E-state index contributed by atoms with van der Waals surface area (Å²) in [6, 6.07) is 10.3. The van der Waals surface area contributed by atoms with Crippen LogP contribution in [0.25, 0.3) is 0 Å². The second-order valence-corrected chi connectivity index (χ2v) is 6.41. The van der Waals surface area contributed by atoms with Crippen molar-refractivity contribution in [1.82, 2.24) is 9.80 Å². The molecule has 0 aliphatic carbocycles. The maximum Gasteiger partial charge on any atom is 0.339 e. The number of imide groups is 2. The van der Waals surface area contributed by atoms with Crippen molar-refractivity contribution >= 4 is 29.6 Å². The molecule has 2 aliphatic rings. The fraction of sp³-hybridized carbons (Fsp3) is 0.0952.